The molecule has 4 heterocycles. The summed E-state index contributed by atoms with van der Waals surface area (Å²) in [6, 6.07) is 47.7. The highest BCUT2D eigenvalue weighted by Gasteiger charge is 2.53. The monoisotopic (exact) mass is 560 g/mol. The van der Waals surface area contributed by atoms with Gasteiger partial charge in [0, 0.05) is 39.9 Å². The number of aromatic nitrogens is 4. The molecule has 1 aliphatic carbocycles. The minimum atomic E-state index is -0.638. The van der Waals surface area contributed by atoms with Gasteiger partial charge in [0.1, 0.15) is 0 Å². The van der Waals surface area contributed by atoms with Crippen LogP contribution in [0.3, 0.4) is 0 Å². The van der Waals surface area contributed by atoms with Crippen molar-refractivity contribution in [1.29, 1.82) is 0 Å². The number of nitrogens with zero attached hydrogens (tertiary/aromatic N) is 4. The molecule has 1 spiro atoms. The summed E-state index contributed by atoms with van der Waals surface area (Å²) >= 11 is 0. The fourth-order valence-electron chi connectivity index (χ4n) is 7.83. The van der Waals surface area contributed by atoms with Crippen molar-refractivity contribution in [3.05, 3.63) is 168 Å². The fraction of sp³-hybridized carbons (Fsp3) is 0.0250. The van der Waals surface area contributed by atoms with Crippen molar-refractivity contribution in [2.24, 2.45) is 0 Å². The highest BCUT2D eigenvalue weighted by molar-refractivity contribution is 6.13. The molecule has 8 aromatic rings. The van der Waals surface area contributed by atoms with Gasteiger partial charge < -0.3 is 4.57 Å². The summed E-state index contributed by atoms with van der Waals surface area (Å²) in [4.78, 5) is 15.2. The van der Waals surface area contributed by atoms with Crippen molar-refractivity contribution in [1.82, 2.24) is 19.5 Å². The van der Waals surface area contributed by atoms with Gasteiger partial charge in [-0.15, -0.1) is 0 Å². The van der Waals surface area contributed by atoms with Crippen molar-refractivity contribution >= 4 is 21.8 Å². The molecule has 0 bridgehead atoms. The lowest BCUT2D eigenvalue weighted by atomic mass is 9.67. The molecule has 0 saturated heterocycles. The predicted octanol–water partition coefficient (Wildman–Crippen LogP) is 8.98. The van der Waals surface area contributed by atoms with Crippen LogP contribution in [-0.2, 0) is 5.41 Å². The van der Waals surface area contributed by atoms with Crippen LogP contribution >= 0.6 is 0 Å². The molecule has 0 amide bonds. The van der Waals surface area contributed by atoms with Gasteiger partial charge in [-0.1, -0.05) is 109 Å². The lowest BCUT2D eigenvalue weighted by Crippen LogP contribution is -2.34. The standard InChI is InChI=1S/C40H24N4/c1-2-11-26(12-3-1)39-42-36(25-21-23-41-24-22-25)35-29-14-4-6-16-30(29)40(38(35)43-39)31-17-7-9-20-34(31)44-33-19-8-5-13-27(33)28-15-10-18-32(40)37(28)44/h1-24H. The summed E-state index contributed by atoms with van der Waals surface area (Å²) in [6.07, 6.45) is 3.69. The highest BCUT2D eigenvalue weighted by atomic mass is 15.0. The maximum Gasteiger partial charge on any atom is 0.160 e. The van der Waals surface area contributed by atoms with Crippen LogP contribution in [0.5, 0.6) is 0 Å². The van der Waals surface area contributed by atoms with Crippen LogP contribution in [0.15, 0.2) is 146 Å². The maximum absolute atomic E-state index is 5.58. The second-order valence-corrected chi connectivity index (χ2v) is 11.6. The highest BCUT2D eigenvalue weighted by Crippen LogP contribution is 2.61. The minimum Gasteiger partial charge on any atom is -0.309 e. The lowest BCUT2D eigenvalue weighted by molar-refractivity contribution is 0.720. The first-order valence-corrected chi connectivity index (χ1v) is 15.0. The van der Waals surface area contributed by atoms with Gasteiger partial charge in [0.25, 0.3) is 0 Å². The van der Waals surface area contributed by atoms with E-state index in [4.69, 9.17) is 9.97 Å². The molecule has 0 radical (unpaired) electrons. The predicted molar refractivity (Wildman–Crippen MR) is 176 cm³/mol. The Labute approximate surface area is 254 Å². The Kier molecular flexibility index (Phi) is 4.62. The van der Waals surface area contributed by atoms with Crippen LogP contribution in [0.1, 0.15) is 22.4 Å². The third-order valence-electron chi connectivity index (χ3n) is 9.50. The van der Waals surface area contributed by atoms with Gasteiger partial charge in [-0.2, -0.15) is 0 Å². The quantitative estimate of drug-likeness (QED) is 0.212. The Bertz CT molecular complexity index is 2440. The van der Waals surface area contributed by atoms with Gasteiger partial charge in [-0.05, 0) is 46.5 Å². The van der Waals surface area contributed by atoms with E-state index in [0.29, 0.717) is 0 Å². The first kappa shape index (κ1) is 23.7. The molecule has 0 saturated carbocycles. The first-order chi connectivity index (χ1) is 21.9. The molecule has 0 fully saturated rings. The molecule has 1 atom stereocenters. The molecule has 204 valence electrons. The molecule has 4 nitrogen and oxygen atoms in total. The maximum atomic E-state index is 5.58. The summed E-state index contributed by atoms with van der Waals surface area (Å²) < 4.78 is 2.46. The van der Waals surface area contributed by atoms with Gasteiger partial charge in [0.2, 0.25) is 0 Å². The van der Waals surface area contributed by atoms with Crippen LogP contribution in [0, 0.1) is 0 Å². The minimum absolute atomic E-state index is 0.638. The van der Waals surface area contributed by atoms with Crippen LogP contribution in [0.4, 0.5) is 0 Å². The molecule has 1 unspecified atom stereocenters. The summed E-state index contributed by atoms with van der Waals surface area (Å²) in [5, 5.41) is 2.51. The Hall–Kier alpha value is -5.87. The van der Waals surface area contributed by atoms with E-state index in [1.165, 1.54) is 49.7 Å². The number of para-hydroxylation sites is 3. The van der Waals surface area contributed by atoms with Gasteiger partial charge in [0.05, 0.1) is 33.5 Å². The normalized spacial score (nSPS) is 15.8. The molecule has 4 heteroatoms. The van der Waals surface area contributed by atoms with Crippen LogP contribution in [-0.4, -0.2) is 19.5 Å². The molecular formula is C40H24N4. The Morgan fingerprint density at radius 3 is 2.11 bits per heavy atom. The molecule has 3 aromatic heterocycles. The second kappa shape index (κ2) is 8.59. The lowest BCUT2D eigenvalue weighted by Gasteiger charge is -2.38. The zero-order valence-electron chi connectivity index (χ0n) is 23.6. The average molecular weight is 561 g/mol. The van der Waals surface area contributed by atoms with Crippen LogP contribution in [0.25, 0.3) is 61.3 Å². The second-order valence-electron chi connectivity index (χ2n) is 11.6. The molecule has 44 heavy (non-hydrogen) atoms. The SMILES string of the molecule is c1ccc(-c2nc(-c3ccncc3)c3c(n2)C2(c4ccccc4-3)c3ccccc3-n3c4ccccc4c4cccc2c43)cc1. The molecule has 10 rings (SSSR count). The molecule has 5 aromatic carbocycles. The smallest absolute Gasteiger partial charge is 0.160 e. The van der Waals surface area contributed by atoms with Crippen molar-refractivity contribution in [3.8, 4) is 39.5 Å². The van der Waals surface area contributed by atoms with E-state index in [-0.39, 0.29) is 0 Å². The van der Waals surface area contributed by atoms with E-state index < -0.39 is 5.41 Å². The summed E-state index contributed by atoms with van der Waals surface area (Å²) in [5.41, 5.74) is 12.9. The molecule has 1 aliphatic heterocycles. The number of hydrogen-bond donors (Lipinski definition) is 0. The summed E-state index contributed by atoms with van der Waals surface area (Å²) in [5.74, 6) is 0.721. The number of fused-ring (bicyclic) bond motifs is 12. The largest absolute Gasteiger partial charge is 0.309 e. The van der Waals surface area contributed by atoms with Crippen molar-refractivity contribution in [2.75, 3.05) is 0 Å². The van der Waals surface area contributed by atoms with E-state index in [1.807, 2.05) is 18.5 Å². The zero-order chi connectivity index (χ0) is 28.8. The van der Waals surface area contributed by atoms with Gasteiger partial charge in [-0.3, -0.25) is 4.98 Å². The fourth-order valence-corrected chi connectivity index (χ4v) is 7.83. The number of hydrogen-bond acceptors (Lipinski definition) is 3. The Balaban J connectivity index is 1.45. The molecule has 0 N–H and O–H groups in total. The molecular weight excluding hydrogens is 536 g/mol. The zero-order valence-corrected chi connectivity index (χ0v) is 23.6. The van der Waals surface area contributed by atoms with E-state index in [2.05, 4.69) is 137 Å². The number of benzene rings is 5. The topological polar surface area (TPSA) is 43.6 Å². The van der Waals surface area contributed by atoms with Crippen LogP contribution in [0.2, 0.25) is 0 Å². The van der Waals surface area contributed by atoms with E-state index in [9.17, 15) is 0 Å². The Morgan fingerprint density at radius 1 is 0.523 bits per heavy atom. The van der Waals surface area contributed by atoms with E-state index in [0.717, 1.165) is 33.9 Å². The van der Waals surface area contributed by atoms with Gasteiger partial charge in [-0.25, -0.2) is 9.97 Å². The van der Waals surface area contributed by atoms with Gasteiger partial charge >= 0.3 is 0 Å². The molecule has 2 aliphatic rings. The van der Waals surface area contributed by atoms with Gasteiger partial charge in [0.15, 0.2) is 5.82 Å². The Morgan fingerprint density at radius 2 is 1.23 bits per heavy atom. The third kappa shape index (κ3) is 2.85. The van der Waals surface area contributed by atoms with Crippen molar-refractivity contribution in [3.63, 3.8) is 0 Å². The number of rotatable bonds is 2. The summed E-state index contributed by atoms with van der Waals surface area (Å²) in [6.45, 7) is 0. The van der Waals surface area contributed by atoms with E-state index >= 15 is 0 Å². The van der Waals surface area contributed by atoms with Crippen molar-refractivity contribution in [2.45, 2.75) is 5.41 Å². The average Bonchev–Trinajstić information content (AvgIpc) is 3.59. The first-order valence-electron chi connectivity index (χ1n) is 15.0. The van der Waals surface area contributed by atoms with Crippen LogP contribution < -0.4 is 0 Å². The summed E-state index contributed by atoms with van der Waals surface area (Å²) in [7, 11) is 0. The number of pyridine rings is 1. The third-order valence-corrected chi connectivity index (χ3v) is 9.50. The van der Waals surface area contributed by atoms with Crippen molar-refractivity contribution < 1.29 is 0 Å². The van der Waals surface area contributed by atoms with E-state index in [1.54, 1.807) is 0 Å².